The molecule has 3 nitrogen and oxygen atoms in total. The van der Waals surface area contributed by atoms with Gasteiger partial charge < -0.3 is 14.2 Å². The molecule has 0 fully saturated rings. The fraction of sp³-hybridized carbons (Fsp3) is 0.0495. The Bertz CT molecular complexity index is 6000. The van der Waals surface area contributed by atoms with Crippen LogP contribution in [0.4, 0.5) is 34.1 Å². The molecule has 104 heavy (non-hydrogen) atoms. The van der Waals surface area contributed by atoms with Gasteiger partial charge in [0.05, 0.1) is 16.2 Å². The van der Waals surface area contributed by atoms with Crippen molar-refractivity contribution in [2.24, 2.45) is 0 Å². The maximum atomic E-state index is 6.66. The van der Waals surface area contributed by atoms with Crippen LogP contribution in [0.2, 0.25) is 0 Å². The monoisotopic (exact) mass is 1320 g/mol. The third-order valence-electron chi connectivity index (χ3n) is 23.3. The third-order valence-corrected chi connectivity index (χ3v) is 23.3. The Labute approximate surface area is 606 Å². The van der Waals surface area contributed by atoms with Gasteiger partial charge in [-0.2, -0.15) is 0 Å². The van der Waals surface area contributed by atoms with Crippen molar-refractivity contribution in [2.75, 3.05) is 9.80 Å². The van der Waals surface area contributed by atoms with Crippen molar-refractivity contribution in [1.82, 2.24) is 0 Å². The Hall–Kier alpha value is -13.1. The summed E-state index contributed by atoms with van der Waals surface area (Å²) >= 11 is 0. The average molecular weight is 1330 g/mol. The number of nitrogens with zero attached hydrogens (tertiary/aromatic N) is 2. The summed E-state index contributed by atoms with van der Waals surface area (Å²) in [4.78, 5) is 4.91. The Morgan fingerprint density at radius 2 is 0.519 bits per heavy atom. The molecule has 0 aliphatic heterocycles. The van der Waals surface area contributed by atoms with Gasteiger partial charge in [0.1, 0.15) is 11.2 Å². The van der Waals surface area contributed by atoms with E-state index in [9.17, 15) is 0 Å². The quantitative estimate of drug-likeness (QED) is 0.129. The van der Waals surface area contributed by atoms with Gasteiger partial charge in [0.25, 0.3) is 0 Å². The molecule has 0 unspecified atom stereocenters. The van der Waals surface area contributed by atoms with Gasteiger partial charge >= 0.3 is 0 Å². The van der Waals surface area contributed by atoms with E-state index in [0.29, 0.717) is 0 Å². The molecule has 0 N–H and O–H groups in total. The van der Waals surface area contributed by atoms with Crippen LogP contribution in [-0.4, -0.2) is 0 Å². The fourth-order valence-corrected chi connectivity index (χ4v) is 19.0. The summed E-state index contributed by atoms with van der Waals surface area (Å²) < 4.78 is 6.66. The van der Waals surface area contributed by atoms with Crippen molar-refractivity contribution < 1.29 is 4.42 Å². The third kappa shape index (κ3) is 8.47. The van der Waals surface area contributed by atoms with E-state index in [-0.39, 0.29) is 0 Å². The fourth-order valence-electron chi connectivity index (χ4n) is 19.0. The number of anilines is 6. The number of fused-ring (bicyclic) bond motifs is 19. The lowest BCUT2D eigenvalue weighted by atomic mass is 9.67. The molecule has 4 aliphatic carbocycles. The standard InChI is InChI=1S/C101H68N2O/c1-65-39-53-82-84-55-49-76(62-95(84)99(93(82)59-65,69-23-7-3-8-24-69)70-25-9-4-10-26-70)103(77-50-56-85-83-54-40-66(2)60-94(83)100(96(85)63-77,71-27-11-5-12-28-71)72-29-13-6-14-30-72)74-47-43-68(44-48-74)67-41-45-73(46-42-67)102(78-51-57-87-86-34-18-22-38-97(86)104-98(87)64-78)75-52-58-92-88(61-75)81-33-17-21-37-91(81)101(92)89-35-19-15-31-79(89)80-32-16-20-36-90(80)101/h3-64H,1-2H3. The lowest BCUT2D eigenvalue weighted by Gasteiger charge is -2.36. The molecule has 21 rings (SSSR count). The zero-order valence-electron chi connectivity index (χ0n) is 57.6. The summed E-state index contributed by atoms with van der Waals surface area (Å²) in [6.45, 7) is 4.45. The van der Waals surface area contributed by atoms with Crippen LogP contribution >= 0.6 is 0 Å². The minimum atomic E-state index is -0.607. The van der Waals surface area contributed by atoms with E-state index in [4.69, 9.17) is 4.42 Å². The van der Waals surface area contributed by atoms with Gasteiger partial charge in [-0.15, -0.1) is 0 Å². The molecular weight excluding hydrogens is 1260 g/mol. The smallest absolute Gasteiger partial charge is 0.137 e. The Balaban J connectivity index is 0.723. The predicted molar refractivity (Wildman–Crippen MR) is 429 cm³/mol. The van der Waals surface area contributed by atoms with Crippen LogP contribution in [-0.2, 0) is 16.2 Å². The lowest BCUT2D eigenvalue weighted by molar-refractivity contribution is 0.669. The number of hydrogen-bond acceptors (Lipinski definition) is 3. The summed E-state index contributed by atoms with van der Waals surface area (Å²) in [5.74, 6) is 0. The molecule has 0 saturated heterocycles. The zero-order valence-corrected chi connectivity index (χ0v) is 57.6. The molecule has 0 saturated carbocycles. The topological polar surface area (TPSA) is 19.6 Å². The highest BCUT2D eigenvalue weighted by molar-refractivity contribution is 6.07. The van der Waals surface area contributed by atoms with Crippen LogP contribution in [0.5, 0.6) is 0 Å². The Morgan fingerprint density at radius 3 is 0.981 bits per heavy atom. The normalized spacial score (nSPS) is 13.9. The van der Waals surface area contributed by atoms with Crippen molar-refractivity contribution in [3.8, 4) is 55.6 Å². The molecule has 488 valence electrons. The SMILES string of the molecule is Cc1ccc2c(c1)C(c1ccccc1)(c1ccccc1)c1cc(N(c3ccc(-c4ccc(N(c5ccc6c(c5)-c5ccccc5C65c6ccccc6-c6ccccc65)c5ccc6c(c5)oc5ccccc56)cc4)cc3)c3ccc4c(c3)C(c3ccccc3)(c3ccccc3)c3cc(C)ccc3-4)ccc1-2. The van der Waals surface area contributed by atoms with Gasteiger partial charge in [0.2, 0.25) is 0 Å². The molecule has 17 aromatic rings. The van der Waals surface area contributed by atoms with E-state index in [1.54, 1.807) is 0 Å². The highest BCUT2D eigenvalue weighted by atomic mass is 16.3. The highest BCUT2D eigenvalue weighted by Crippen LogP contribution is 2.65. The van der Waals surface area contributed by atoms with E-state index >= 15 is 0 Å². The molecule has 1 heterocycles. The second kappa shape index (κ2) is 23.0. The van der Waals surface area contributed by atoms with Gasteiger partial charge in [-0.25, -0.2) is 0 Å². The van der Waals surface area contributed by atoms with Gasteiger partial charge in [-0.05, 0) is 215 Å². The second-order valence-corrected chi connectivity index (χ2v) is 28.7. The van der Waals surface area contributed by atoms with Gasteiger partial charge in [0, 0.05) is 51.0 Å². The number of para-hydroxylation sites is 1. The summed E-state index contributed by atoms with van der Waals surface area (Å²) in [5, 5.41) is 2.21. The van der Waals surface area contributed by atoms with Gasteiger partial charge in [-0.3, -0.25) is 0 Å². The first-order valence-electron chi connectivity index (χ1n) is 36.3. The van der Waals surface area contributed by atoms with E-state index < -0.39 is 16.2 Å². The first-order chi connectivity index (χ1) is 51.4. The summed E-state index contributed by atoms with van der Waals surface area (Å²) in [6, 6.07) is 141. The minimum absolute atomic E-state index is 0.447. The van der Waals surface area contributed by atoms with Crippen LogP contribution in [0.1, 0.15) is 77.9 Å². The molecule has 0 bridgehead atoms. The molecule has 1 spiro atoms. The molecule has 4 aliphatic rings. The number of aryl methyl sites for hydroxylation is 2. The first-order valence-corrected chi connectivity index (χ1v) is 36.3. The maximum absolute atomic E-state index is 6.66. The summed E-state index contributed by atoms with van der Waals surface area (Å²) in [7, 11) is 0. The van der Waals surface area contributed by atoms with Gasteiger partial charge in [-0.1, -0.05) is 302 Å². The molecule has 0 radical (unpaired) electrons. The Kier molecular flexibility index (Phi) is 13.2. The summed E-state index contributed by atoms with van der Waals surface area (Å²) in [5.41, 5.74) is 36.5. The lowest BCUT2D eigenvalue weighted by Crippen LogP contribution is -2.29. The molecule has 16 aromatic carbocycles. The number of hydrogen-bond donors (Lipinski definition) is 0. The average Bonchev–Trinajstić information content (AvgIpc) is 1.53. The van der Waals surface area contributed by atoms with Crippen LogP contribution in [0.15, 0.2) is 381 Å². The van der Waals surface area contributed by atoms with E-state index in [0.717, 1.165) is 67.2 Å². The van der Waals surface area contributed by atoms with Crippen molar-refractivity contribution >= 4 is 56.1 Å². The van der Waals surface area contributed by atoms with Crippen LogP contribution in [0.25, 0.3) is 77.6 Å². The van der Waals surface area contributed by atoms with Crippen LogP contribution in [0, 0.1) is 13.8 Å². The largest absolute Gasteiger partial charge is 0.456 e. The van der Waals surface area contributed by atoms with Crippen molar-refractivity contribution in [3.05, 3.63) is 454 Å². The van der Waals surface area contributed by atoms with Gasteiger partial charge in [0.15, 0.2) is 0 Å². The predicted octanol–water partition coefficient (Wildman–Crippen LogP) is 25.9. The van der Waals surface area contributed by atoms with Crippen molar-refractivity contribution in [3.63, 3.8) is 0 Å². The van der Waals surface area contributed by atoms with E-state index in [2.05, 4.69) is 394 Å². The first kappa shape index (κ1) is 59.8. The van der Waals surface area contributed by atoms with Crippen molar-refractivity contribution in [1.29, 1.82) is 0 Å². The second-order valence-electron chi connectivity index (χ2n) is 28.7. The number of benzene rings is 16. The van der Waals surface area contributed by atoms with E-state index in [1.165, 1.54) is 122 Å². The highest BCUT2D eigenvalue weighted by Gasteiger charge is 2.53. The molecule has 0 amide bonds. The van der Waals surface area contributed by atoms with Crippen molar-refractivity contribution in [2.45, 2.75) is 30.1 Å². The van der Waals surface area contributed by atoms with Crippen LogP contribution in [0.3, 0.4) is 0 Å². The maximum Gasteiger partial charge on any atom is 0.137 e. The molecule has 1 aromatic heterocycles. The van der Waals surface area contributed by atoms with E-state index in [1.807, 2.05) is 6.07 Å². The zero-order chi connectivity index (χ0) is 68.8. The minimum Gasteiger partial charge on any atom is -0.456 e. The molecular formula is C101H68N2O. The number of furan rings is 1. The number of rotatable bonds is 11. The van der Waals surface area contributed by atoms with Crippen LogP contribution < -0.4 is 9.80 Å². The molecule has 0 atom stereocenters. The summed E-state index contributed by atoms with van der Waals surface area (Å²) in [6.07, 6.45) is 0. The molecule has 3 heteroatoms. The Morgan fingerprint density at radius 1 is 0.202 bits per heavy atom.